The zero-order valence-electron chi connectivity index (χ0n) is 17.1. The van der Waals surface area contributed by atoms with Crippen LogP contribution in [0.1, 0.15) is 32.8 Å². The summed E-state index contributed by atoms with van der Waals surface area (Å²) in [5, 5.41) is 2.60. The molecule has 0 radical (unpaired) electrons. The van der Waals surface area contributed by atoms with Crippen LogP contribution in [0.4, 0.5) is 0 Å². The van der Waals surface area contributed by atoms with Gasteiger partial charge in [-0.2, -0.15) is 4.72 Å². The molecule has 2 N–H and O–H groups in total. The Hall–Kier alpha value is -2.19. The quantitative estimate of drug-likeness (QED) is 0.455. The Labute approximate surface area is 167 Å². The summed E-state index contributed by atoms with van der Waals surface area (Å²) >= 11 is 0. The maximum absolute atomic E-state index is 12.8. The Bertz CT molecular complexity index is 787. The molecule has 8 heteroatoms. The average molecular weight is 411 g/mol. The van der Waals surface area contributed by atoms with Crippen molar-refractivity contribution in [2.75, 3.05) is 7.11 Å². The van der Waals surface area contributed by atoms with Crippen LogP contribution in [-0.2, 0) is 24.3 Å². The molecule has 0 aliphatic carbocycles. The predicted octanol–water partition coefficient (Wildman–Crippen LogP) is 2.17. The van der Waals surface area contributed by atoms with Crippen LogP contribution in [0, 0.1) is 18.8 Å². The molecule has 0 unspecified atom stereocenters. The molecule has 3 atom stereocenters. The topological polar surface area (TPSA) is 102 Å². The van der Waals surface area contributed by atoms with Gasteiger partial charge in [-0.3, -0.25) is 4.79 Å². The Morgan fingerprint density at radius 1 is 1.18 bits per heavy atom. The smallest absolute Gasteiger partial charge is 0.328 e. The van der Waals surface area contributed by atoms with Crippen molar-refractivity contribution >= 4 is 21.9 Å². The number of carbonyl (C=O) groups is 2. The number of benzene rings is 1. The third-order valence-corrected chi connectivity index (χ3v) is 5.79. The summed E-state index contributed by atoms with van der Waals surface area (Å²) < 4.78 is 32.6. The van der Waals surface area contributed by atoms with Crippen LogP contribution < -0.4 is 10.0 Å². The molecule has 1 amide bonds. The fraction of sp³-hybridized carbons (Fsp3) is 0.500. The van der Waals surface area contributed by atoms with Crippen molar-refractivity contribution in [2.24, 2.45) is 11.8 Å². The fourth-order valence-corrected chi connectivity index (χ4v) is 3.78. The highest BCUT2D eigenvalue weighted by Crippen LogP contribution is 2.14. The molecular weight excluding hydrogens is 380 g/mol. The van der Waals surface area contributed by atoms with Crippen LogP contribution in [0.5, 0.6) is 0 Å². The largest absolute Gasteiger partial charge is 0.467 e. The van der Waals surface area contributed by atoms with E-state index in [-0.39, 0.29) is 23.2 Å². The summed E-state index contributed by atoms with van der Waals surface area (Å²) in [5.41, 5.74) is 0.926. The SMILES string of the molecule is C=C[C@H](C)[C@@H](NC(=O)[C@H](CC(C)C)NS(=O)(=O)c1ccc(C)cc1)C(=O)OC. The number of carbonyl (C=O) groups excluding carboxylic acids is 2. The second-order valence-electron chi connectivity index (χ2n) is 7.22. The normalized spacial score (nSPS) is 14.8. The number of amides is 1. The minimum atomic E-state index is -3.90. The van der Waals surface area contributed by atoms with Crippen molar-refractivity contribution in [3.8, 4) is 0 Å². The Morgan fingerprint density at radius 3 is 2.21 bits per heavy atom. The second-order valence-corrected chi connectivity index (χ2v) is 8.93. The van der Waals surface area contributed by atoms with Gasteiger partial charge in [-0.15, -0.1) is 6.58 Å². The Balaban J connectivity index is 3.09. The van der Waals surface area contributed by atoms with Crippen molar-refractivity contribution < 1.29 is 22.7 Å². The molecule has 0 fully saturated rings. The number of sulfonamides is 1. The van der Waals surface area contributed by atoms with Crippen LogP contribution >= 0.6 is 0 Å². The first-order valence-corrected chi connectivity index (χ1v) is 10.6. The van der Waals surface area contributed by atoms with Gasteiger partial charge in [0.2, 0.25) is 15.9 Å². The number of hydrogen-bond donors (Lipinski definition) is 2. The number of ether oxygens (including phenoxy) is 1. The van der Waals surface area contributed by atoms with E-state index in [9.17, 15) is 18.0 Å². The molecule has 1 rings (SSSR count). The first kappa shape index (κ1) is 23.8. The van der Waals surface area contributed by atoms with Gasteiger partial charge >= 0.3 is 5.97 Å². The zero-order valence-corrected chi connectivity index (χ0v) is 17.9. The summed E-state index contributed by atoms with van der Waals surface area (Å²) in [7, 11) is -2.68. The van der Waals surface area contributed by atoms with Crippen LogP contribution in [0.25, 0.3) is 0 Å². The lowest BCUT2D eigenvalue weighted by Crippen LogP contribution is -2.53. The van der Waals surface area contributed by atoms with Gasteiger partial charge in [-0.25, -0.2) is 13.2 Å². The van der Waals surface area contributed by atoms with Gasteiger partial charge in [0.25, 0.3) is 0 Å². The van der Waals surface area contributed by atoms with E-state index < -0.39 is 34.0 Å². The molecule has 0 aliphatic heterocycles. The highest BCUT2D eigenvalue weighted by atomic mass is 32.2. The summed E-state index contributed by atoms with van der Waals surface area (Å²) in [6.45, 7) is 11.0. The molecule has 156 valence electrons. The number of rotatable bonds is 10. The van der Waals surface area contributed by atoms with E-state index in [1.165, 1.54) is 25.3 Å². The van der Waals surface area contributed by atoms with Crippen molar-refractivity contribution in [2.45, 2.75) is 51.1 Å². The van der Waals surface area contributed by atoms with Gasteiger partial charge < -0.3 is 10.1 Å². The van der Waals surface area contributed by atoms with Crippen LogP contribution in [-0.4, -0.2) is 39.5 Å². The van der Waals surface area contributed by atoms with Crippen LogP contribution in [0.15, 0.2) is 41.8 Å². The second kappa shape index (κ2) is 10.4. The minimum absolute atomic E-state index is 0.0462. The summed E-state index contributed by atoms with van der Waals surface area (Å²) in [5.74, 6) is -1.55. The number of methoxy groups -OCH3 is 1. The Kier molecular flexibility index (Phi) is 8.84. The maximum Gasteiger partial charge on any atom is 0.328 e. The predicted molar refractivity (Wildman–Crippen MR) is 108 cm³/mol. The van der Waals surface area contributed by atoms with E-state index in [1.807, 2.05) is 20.8 Å². The highest BCUT2D eigenvalue weighted by Gasteiger charge is 2.32. The molecule has 0 saturated carbocycles. The molecule has 7 nitrogen and oxygen atoms in total. The molecule has 0 aliphatic rings. The molecule has 0 heterocycles. The van der Waals surface area contributed by atoms with E-state index in [0.717, 1.165) is 5.56 Å². The van der Waals surface area contributed by atoms with E-state index in [1.54, 1.807) is 19.1 Å². The average Bonchev–Trinajstić information content (AvgIpc) is 2.63. The third kappa shape index (κ3) is 6.76. The number of esters is 1. The van der Waals surface area contributed by atoms with E-state index >= 15 is 0 Å². The first-order valence-electron chi connectivity index (χ1n) is 9.11. The first-order chi connectivity index (χ1) is 13.0. The third-order valence-electron chi connectivity index (χ3n) is 4.30. The van der Waals surface area contributed by atoms with E-state index in [0.29, 0.717) is 0 Å². The lowest BCUT2D eigenvalue weighted by Gasteiger charge is -2.25. The molecule has 0 bridgehead atoms. The van der Waals surface area contributed by atoms with Gasteiger partial charge in [0.1, 0.15) is 12.1 Å². The molecule has 0 saturated heterocycles. The lowest BCUT2D eigenvalue weighted by molar-refractivity contribution is -0.146. The summed E-state index contributed by atoms with van der Waals surface area (Å²) in [6.07, 6.45) is 1.79. The lowest BCUT2D eigenvalue weighted by atomic mass is 10.00. The molecule has 1 aromatic carbocycles. The fourth-order valence-electron chi connectivity index (χ4n) is 2.57. The van der Waals surface area contributed by atoms with E-state index in [2.05, 4.69) is 16.6 Å². The standard InChI is InChI=1S/C20H30N2O5S/c1-7-15(5)18(20(24)27-6)21-19(23)17(12-13(2)3)22-28(25,26)16-10-8-14(4)9-11-16/h7-11,13,15,17-18,22H,1,12H2,2-6H3,(H,21,23)/t15-,17-,18+/m0/s1. The molecular formula is C20H30N2O5S. The van der Waals surface area contributed by atoms with Gasteiger partial charge in [0.15, 0.2) is 0 Å². The van der Waals surface area contributed by atoms with Crippen molar-refractivity contribution in [3.63, 3.8) is 0 Å². The van der Waals surface area contributed by atoms with Crippen molar-refractivity contribution in [1.82, 2.24) is 10.0 Å². The summed E-state index contributed by atoms with van der Waals surface area (Å²) in [6, 6.07) is 4.36. The van der Waals surface area contributed by atoms with Gasteiger partial charge in [-0.05, 0) is 31.4 Å². The summed E-state index contributed by atoms with van der Waals surface area (Å²) in [4.78, 5) is 24.9. The van der Waals surface area contributed by atoms with Crippen molar-refractivity contribution in [3.05, 3.63) is 42.5 Å². The molecule has 1 aromatic rings. The highest BCUT2D eigenvalue weighted by molar-refractivity contribution is 7.89. The minimum Gasteiger partial charge on any atom is -0.467 e. The van der Waals surface area contributed by atoms with Crippen LogP contribution in [0.3, 0.4) is 0 Å². The number of aryl methyl sites for hydroxylation is 1. The van der Waals surface area contributed by atoms with Gasteiger partial charge in [0.05, 0.1) is 12.0 Å². The molecule has 28 heavy (non-hydrogen) atoms. The van der Waals surface area contributed by atoms with Crippen molar-refractivity contribution in [1.29, 1.82) is 0 Å². The monoisotopic (exact) mass is 410 g/mol. The molecule has 0 spiro atoms. The number of hydrogen-bond acceptors (Lipinski definition) is 5. The maximum atomic E-state index is 12.8. The molecule has 0 aromatic heterocycles. The van der Waals surface area contributed by atoms with Gasteiger partial charge in [-0.1, -0.05) is 44.5 Å². The van der Waals surface area contributed by atoms with E-state index in [4.69, 9.17) is 4.74 Å². The Morgan fingerprint density at radius 2 is 1.75 bits per heavy atom. The van der Waals surface area contributed by atoms with Crippen LogP contribution in [0.2, 0.25) is 0 Å². The van der Waals surface area contributed by atoms with Gasteiger partial charge in [0, 0.05) is 5.92 Å². The zero-order chi connectivity index (χ0) is 21.5. The number of nitrogens with one attached hydrogen (secondary N) is 2.